The minimum atomic E-state index is -0.811. The molecular formula is C19H23NO3. The normalized spacial score (nSPS) is 29.3. The van der Waals surface area contributed by atoms with Gasteiger partial charge >= 0.3 is 5.97 Å². The summed E-state index contributed by atoms with van der Waals surface area (Å²) in [4.78, 5) is 26.5. The zero-order chi connectivity index (χ0) is 16.0. The van der Waals surface area contributed by atoms with Gasteiger partial charge in [-0.2, -0.15) is 0 Å². The second-order valence-electron chi connectivity index (χ2n) is 7.21. The molecule has 0 aromatic heterocycles. The van der Waals surface area contributed by atoms with Gasteiger partial charge in [-0.1, -0.05) is 24.3 Å². The number of hydrogen-bond donors (Lipinski definition) is 1. The Bertz CT molecular complexity index is 637. The predicted molar refractivity (Wildman–Crippen MR) is 85.8 cm³/mol. The maximum atomic E-state index is 13.1. The van der Waals surface area contributed by atoms with Crippen LogP contribution in [-0.2, 0) is 16.0 Å². The number of aryl methyl sites for hydroxylation is 1. The lowest BCUT2D eigenvalue weighted by Crippen LogP contribution is -2.48. The highest BCUT2D eigenvalue weighted by Gasteiger charge is 2.48. The van der Waals surface area contributed by atoms with Gasteiger partial charge in [0.05, 0.1) is 17.9 Å². The molecule has 4 rings (SSSR count). The topological polar surface area (TPSA) is 57.6 Å². The van der Waals surface area contributed by atoms with Gasteiger partial charge in [-0.05, 0) is 56.1 Å². The molecule has 3 aliphatic rings. The van der Waals surface area contributed by atoms with Crippen molar-refractivity contribution in [3.63, 3.8) is 0 Å². The number of hydrogen-bond acceptors (Lipinski definition) is 2. The molecule has 0 radical (unpaired) electrons. The van der Waals surface area contributed by atoms with Crippen molar-refractivity contribution in [3.8, 4) is 0 Å². The SMILES string of the molecule is O=C(O)C1CCC1C(=O)N(C1CC1)C1CCCc2ccccc21. The van der Waals surface area contributed by atoms with Crippen LogP contribution in [0.1, 0.15) is 55.7 Å². The fraction of sp³-hybridized carbons (Fsp3) is 0.579. The van der Waals surface area contributed by atoms with Crippen LogP contribution in [0.3, 0.4) is 0 Å². The lowest BCUT2D eigenvalue weighted by atomic mass is 9.72. The van der Waals surface area contributed by atoms with Gasteiger partial charge in [0.2, 0.25) is 5.91 Å². The second-order valence-corrected chi connectivity index (χ2v) is 7.21. The summed E-state index contributed by atoms with van der Waals surface area (Å²) in [7, 11) is 0. The van der Waals surface area contributed by atoms with E-state index in [1.807, 2.05) is 0 Å². The van der Waals surface area contributed by atoms with E-state index < -0.39 is 11.9 Å². The van der Waals surface area contributed by atoms with Crippen LogP contribution >= 0.6 is 0 Å². The van der Waals surface area contributed by atoms with Crippen LogP contribution in [0, 0.1) is 11.8 Å². The standard InChI is InChI=1S/C19H23NO3/c21-18(15-10-11-16(15)19(22)23)20(13-8-9-13)17-7-3-5-12-4-1-2-6-14(12)17/h1-2,4,6,13,15-17H,3,5,7-11H2,(H,22,23). The molecule has 122 valence electrons. The van der Waals surface area contributed by atoms with Crippen LogP contribution in [0.4, 0.5) is 0 Å². The van der Waals surface area contributed by atoms with Crippen LogP contribution in [0.15, 0.2) is 24.3 Å². The first-order valence-corrected chi connectivity index (χ1v) is 8.79. The fourth-order valence-corrected chi connectivity index (χ4v) is 4.24. The first-order valence-electron chi connectivity index (χ1n) is 8.79. The lowest BCUT2D eigenvalue weighted by Gasteiger charge is -2.42. The van der Waals surface area contributed by atoms with Gasteiger partial charge in [-0.15, -0.1) is 0 Å². The van der Waals surface area contributed by atoms with Crippen LogP contribution in [0.5, 0.6) is 0 Å². The predicted octanol–water partition coefficient (Wildman–Crippen LogP) is 3.17. The first-order chi connectivity index (χ1) is 11.2. The number of benzene rings is 1. The van der Waals surface area contributed by atoms with Crippen molar-refractivity contribution in [2.45, 2.75) is 57.0 Å². The third-order valence-corrected chi connectivity index (χ3v) is 5.78. The first kappa shape index (κ1) is 14.7. The van der Waals surface area contributed by atoms with Gasteiger partial charge in [0.25, 0.3) is 0 Å². The molecule has 3 unspecified atom stereocenters. The average molecular weight is 313 g/mol. The van der Waals surface area contributed by atoms with Crippen molar-refractivity contribution < 1.29 is 14.7 Å². The van der Waals surface area contributed by atoms with Crippen LogP contribution in [0.25, 0.3) is 0 Å². The van der Waals surface area contributed by atoms with Crippen molar-refractivity contribution in [2.75, 3.05) is 0 Å². The third kappa shape index (κ3) is 2.54. The van der Waals surface area contributed by atoms with Crippen LogP contribution < -0.4 is 0 Å². The summed E-state index contributed by atoms with van der Waals surface area (Å²) < 4.78 is 0. The molecule has 3 aliphatic carbocycles. The van der Waals surface area contributed by atoms with E-state index in [-0.39, 0.29) is 17.9 Å². The number of nitrogens with zero attached hydrogens (tertiary/aromatic N) is 1. The van der Waals surface area contributed by atoms with Gasteiger partial charge in [0.15, 0.2) is 0 Å². The monoisotopic (exact) mass is 313 g/mol. The number of fused-ring (bicyclic) bond motifs is 1. The number of amides is 1. The Morgan fingerprint density at radius 1 is 1.00 bits per heavy atom. The molecule has 4 heteroatoms. The molecule has 3 atom stereocenters. The highest BCUT2D eigenvalue weighted by Crippen LogP contribution is 2.45. The average Bonchev–Trinajstić information content (AvgIpc) is 3.31. The van der Waals surface area contributed by atoms with Crippen molar-refractivity contribution in [1.29, 1.82) is 0 Å². The molecular weight excluding hydrogens is 290 g/mol. The molecule has 0 saturated heterocycles. The van der Waals surface area contributed by atoms with Crippen LogP contribution in [0.2, 0.25) is 0 Å². The molecule has 0 aliphatic heterocycles. The van der Waals surface area contributed by atoms with Crippen molar-refractivity contribution in [2.24, 2.45) is 11.8 Å². The van der Waals surface area contributed by atoms with E-state index in [2.05, 4.69) is 29.2 Å². The summed E-state index contributed by atoms with van der Waals surface area (Å²) in [6.45, 7) is 0. The Morgan fingerprint density at radius 2 is 1.74 bits per heavy atom. The largest absolute Gasteiger partial charge is 0.481 e. The molecule has 23 heavy (non-hydrogen) atoms. The molecule has 0 spiro atoms. The van der Waals surface area contributed by atoms with Gasteiger partial charge in [0.1, 0.15) is 0 Å². The molecule has 1 aromatic rings. The minimum Gasteiger partial charge on any atom is -0.481 e. The molecule has 1 amide bonds. The van der Waals surface area contributed by atoms with E-state index in [1.54, 1.807) is 0 Å². The van der Waals surface area contributed by atoms with Gasteiger partial charge in [-0.25, -0.2) is 0 Å². The van der Waals surface area contributed by atoms with E-state index in [9.17, 15) is 14.7 Å². The quantitative estimate of drug-likeness (QED) is 0.929. The molecule has 1 aromatic carbocycles. The minimum absolute atomic E-state index is 0.0906. The number of rotatable bonds is 4. The van der Waals surface area contributed by atoms with Gasteiger partial charge in [-0.3, -0.25) is 9.59 Å². The Hall–Kier alpha value is -1.84. The highest BCUT2D eigenvalue weighted by atomic mass is 16.4. The van der Waals surface area contributed by atoms with Crippen molar-refractivity contribution >= 4 is 11.9 Å². The Kier molecular flexibility index (Phi) is 3.63. The highest BCUT2D eigenvalue weighted by molar-refractivity contribution is 5.87. The zero-order valence-corrected chi connectivity index (χ0v) is 13.3. The fourth-order valence-electron chi connectivity index (χ4n) is 4.24. The van der Waals surface area contributed by atoms with Gasteiger partial charge in [0, 0.05) is 6.04 Å². The van der Waals surface area contributed by atoms with Gasteiger partial charge < -0.3 is 10.0 Å². The molecule has 2 fully saturated rings. The van der Waals surface area contributed by atoms with E-state index >= 15 is 0 Å². The third-order valence-electron chi connectivity index (χ3n) is 5.78. The molecule has 1 N–H and O–H groups in total. The van der Waals surface area contributed by atoms with Crippen molar-refractivity contribution in [3.05, 3.63) is 35.4 Å². The van der Waals surface area contributed by atoms with E-state index in [1.165, 1.54) is 11.1 Å². The smallest absolute Gasteiger partial charge is 0.307 e. The van der Waals surface area contributed by atoms with E-state index in [4.69, 9.17) is 0 Å². The molecule has 0 bridgehead atoms. The van der Waals surface area contributed by atoms with Crippen LogP contribution in [-0.4, -0.2) is 27.9 Å². The number of carbonyl (C=O) groups excluding carboxylic acids is 1. The second kappa shape index (κ2) is 5.66. The van der Waals surface area contributed by atoms with E-state index in [0.717, 1.165) is 38.5 Å². The number of carboxylic acids is 1. The summed E-state index contributed by atoms with van der Waals surface area (Å²) >= 11 is 0. The summed E-state index contributed by atoms with van der Waals surface area (Å²) in [6.07, 6.45) is 6.69. The molecule has 2 saturated carbocycles. The summed E-state index contributed by atoms with van der Waals surface area (Å²) in [6, 6.07) is 8.91. The summed E-state index contributed by atoms with van der Waals surface area (Å²) in [5, 5.41) is 9.29. The van der Waals surface area contributed by atoms with E-state index in [0.29, 0.717) is 12.5 Å². The Labute approximate surface area is 136 Å². The maximum absolute atomic E-state index is 13.1. The molecule has 4 nitrogen and oxygen atoms in total. The number of carboxylic acid groups (broad SMARTS) is 1. The summed E-state index contributed by atoms with van der Waals surface area (Å²) in [5.74, 6) is -1.49. The zero-order valence-electron chi connectivity index (χ0n) is 13.3. The number of aliphatic carboxylic acids is 1. The summed E-state index contributed by atoms with van der Waals surface area (Å²) in [5.41, 5.74) is 2.63. The lowest BCUT2D eigenvalue weighted by molar-refractivity contribution is -0.158. The molecule has 0 heterocycles. The Balaban J connectivity index is 1.62. The Morgan fingerprint density at radius 3 is 2.39 bits per heavy atom. The maximum Gasteiger partial charge on any atom is 0.307 e. The number of carbonyl (C=O) groups is 2. The van der Waals surface area contributed by atoms with Crippen molar-refractivity contribution in [1.82, 2.24) is 4.90 Å².